The fourth-order valence-electron chi connectivity index (χ4n) is 6.11. The molecule has 2 fully saturated rings. The molecule has 3 aliphatic rings. The molecule has 0 radical (unpaired) electrons. The number of Topliss-reactive ketones (excluding diaryl/α,β-unsaturated/α-hetero) is 1. The molecule has 4 heterocycles. The number of carbonyl (C=O) groups excluding carboxylic acids is 2. The molecule has 0 bridgehead atoms. The van der Waals surface area contributed by atoms with Crippen molar-refractivity contribution in [3.8, 4) is 5.69 Å². The molecule has 1 atom stereocenters. The van der Waals surface area contributed by atoms with Crippen LogP contribution in [0.5, 0.6) is 0 Å². The lowest BCUT2D eigenvalue weighted by molar-refractivity contribution is -0.169. The molecule has 0 aliphatic carbocycles. The van der Waals surface area contributed by atoms with E-state index in [0.717, 1.165) is 67.0 Å². The van der Waals surface area contributed by atoms with E-state index in [9.17, 15) is 9.59 Å². The molecule has 6 rings (SSSR count). The van der Waals surface area contributed by atoms with Gasteiger partial charge in [-0.1, -0.05) is 56.7 Å². The Morgan fingerprint density at radius 1 is 1.02 bits per heavy atom. The Kier molecular flexibility index (Phi) is 7.98. The summed E-state index contributed by atoms with van der Waals surface area (Å²) in [4.78, 5) is 33.9. The van der Waals surface area contributed by atoms with E-state index in [1.807, 2.05) is 55.5 Å². The van der Waals surface area contributed by atoms with E-state index >= 15 is 0 Å². The van der Waals surface area contributed by atoms with E-state index in [0.29, 0.717) is 24.0 Å². The number of para-hydroxylation sites is 1. The monoisotopic (exact) mass is 583 g/mol. The first-order valence-electron chi connectivity index (χ1n) is 15.2. The Hall–Kier alpha value is -4.15. The third-order valence-electron chi connectivity index (χ3n) is 8.65. The van der Waals surface area contributed by atoms with Crippen LogP contribution in [0.25, 0.3) is 5.69 Å². The minimum atomic E-state index is -0.305. The van der Waals surface area contributed by atoms with Gasteiger partial charge < -0.3 is 5.32 Å². The maximum atomic E-state index is 13.3. The average molecular weight is 584 g/mol. The number of aryl methyl sites for hydroxylation is 1. The lowest BCUT2D eigenvalue weighted by Gasteiger charge is -2.40. The summed E-state index contributed by atoms with van der Waals surface area (Å²) >= 11 is 0. The highest BCUT2D eigenvalue weighted by Gasteiger charge is 2.39. The molecule has 0 saturated carbocycles. The first kappa shape index (κ1) is 28.9. The minimum absolute atomic E-state index is 0.0863. The maximum absolute atomic E-state index is 13.3. The molecule has 226 valence electrons. The quantitative estimate of drug-likeness (QED) is 0.361. The number of carbonyl (C=O) groups is 2. The number of piperidine rings is 2. The van der Waals surface area contributed by atoms with Gasteiger partial charge in [-0.3, -0.25) is 15.0 Å². The lowest BCUT2D eigenvalue weighted by atomic mass is 9.87. The van der Waals surface area contributed by atoms with Gasteiger partial charge in [-0.25, -0.2) is 20.0 Å². The Labute approximate surface area is 253 Å². The molecule has 43 heavy (non-hydrogen) atoms. The molecule has 2 saturated heterocycles. The second-order valence-corrected chi connectivity index (χ2v) is 12.8. The summed E-state index contributed by atoms with van der Waals surface area (Å²) in [5, 5.41) is 12.6. The van der Waals surface area contributed by atoms with Gasteiger partial charge in [-0.05, 0) is 75.4 Å². The number of hydrogen-bond acceptors (Lipinski definition) is 7. The molecule has 10 nitrogen and oxygen atoms in total. The SMILES string of the molecule is Cc1ccc(-n2nc(C(C)(C)C)cc2NC(=O)Nc2ccccc2CC2CCN(C3CCN4ONC=C4C3=O)CC2)cc1. The molecule has 2 amide bonds. The molecule has 10 heteroatoms. The topological polar surface area (TPSA) is 104 Å². The average Bonchev–Trinajstić information content (AvgIpc) is 3.64. The standard InChI is InChI=1S/C33H41N7O3/c1-22-9-11-25(12-10-22)40-30(20-29(37-40)33(2,3)4)36-32(42)35-26-8-6-5-7-24(26)19-23-13-16-38(17-14-23)27-15-18-39-28(31(27)41)21-34-43-39/h5-12,20-21,23,27,34H,13-19H2,1-4H3,(H2,35,36,42). The number of benzene rings is 2. The maximum Gasteiger partial charge on any atom is 0.324 e. The van der Waals surface area contributed by atoms with E-state index in [1.54, 1.807) is 15.9 Å². The number of rotatable bonds is 6. The summed E-state index contributed by atoms with van der Waals surface area (Å²) in [7, 11) is 0. The van der Waals surface area contributed by atoms with Crippen LogP contribution in [0.4, 0.5) is 16.3 Å². The smallest absolute Gasteiger partial charge is 0.307 e. The predicted octanol–water partition coefficient (Wildman–Crippen LogP) is 5.31. The van der Waals surface area contributed by atoms with E-state index in [1.165, 1.54) is 0 Å². The van der Waals surface area contributed by atoms with Crippen LogP contribution in [0, 0.1) is 12.8 Å². The van der Waals surface area contributed by atoms with Crippen LogP contribution in [0.15, 0.2) is 66.5 Å². The highest BCUT2D eigenvalue weighted by atomic mass is 16.8. The van der Waals surface area contributed by atoms with Crippen molar-refractivity contribution < 1.29 is 14.5 Å². The molecule has 3 aliphatic heterocycles. The van der Waals surface area contributed by atoms with Crippen molar-refractivity contribution in [3.63, 3.8) is 0 Å². The zero-order valence-electron chi connectivity index (χ0n) is 25.4. The summed E-state index contributed by atoms with van der Waals surface area (Å²) < 4.78 is 1.79. The number of hydroxylamine groups is 3. The van der Waals surface area contributed by atoms with Gasteiger partial charge in [-0.2, -0.15) is 10.0 Å². The van der Waals surface area contributed by atoms with Crippen molar-refractivity contribution >= 4 is 23.3 Å². The summed E-state index contributed by atoms with van der Waals surface area (Å²) in [5.74, 6) is 1.23. The first-order valence-corrected chi connectivity index (χ1v) is 15.2. The number of amides is 2. The van der Waals surface area contributed by atoms with Gasteiger partial charge in [0.1, 0.15) is 11.5 Å². The van der Waals surface area contributed by atoms with E-state index < -0.39 is 0 Å². The highest BCUT2D eigenvalue weighted by molar-refractivity contribution is 6.00. The van der Waals surface area contributed by atoms with Gasteiger partial charge in [0, 0.05) is 17.2 Å². The third-order valence-corrected chi connectivity index (χ3v) is 8.65. The molecule has 2 aromatic carbocycles. The van der Waals surface area contributed by atoms with Gasteiger partial charge in [0.25, 0.3) is 0 Å². The number of fused-ring (bicyclic) bond motifs is 1. The van der Waals surface area contributed by atoms with Gasteiger partial charge in [0.05, 0.1) is 30.2 Å². The first-order chi connectivity index (χ1) is 20.7. The Balaban J connectivity index is 1.10. The summed E-state index contributed by atoms with van der Waals surface area (Å²) in [6, 6.07) is 17.7. The van der Waals surface area contributed by atoms with Gasteiger partial charge >= 0.3 is 6.03 Å². The molecule has 3 N–H and O–H groups in total. The minimum Gasteiger partial charge on any atom is -0.307 e. The molecule has 3 aromatic rings. The zero-order valence-corrected chi connectivity index (χ0v) is 25.4. The number of nitrogens with zero attached hydrogens (tertiary/aromatic N) is 4. The van der Waals surface area contributed by atoms with Gasteiger partial charge in [0.15, 0.2) is 5.78 Å². The summed E-state index contributed by atoms with van der Waals surface area (Å²) in [6.45, 7) is 10.9. The van der Waals surface area contributed by atoms with Gasteiger partial charge in [0.2, 0.25) is 0 Å². The number of ketones is 1. The van der Waals surface area contributed by atoms with Crippen molar-refractivity contribution in [1.82, 2.24) is 25.2 Å². The molecular formula is C33H41N7O3. The number of likely N-dealkylation sites (tertiary alicyclic amines) is 1. The molecular weight excluding hydrogens is 542 g/mol. The van der Waals surface area contributed by atoms with Crippen molar-refractivity contribution in [2.24, 2.45) is 5.92 Å². The van der Waals surface area contributed by atoms with E-state index in [-0.39, 0.29) is 23.3 Å². The fraction of sp³-hybridized carbons (Fsp3) is 0.424. The van der Waals surface area contributed by atoms with Crippen LogP contribution in [-0.4, -0.2) is 57.2 Å². The van der Waals surface area contributed by atoms with Crippen molar-refractivity contribution in [2.45, 2.75) is 64.8 Å². The number of nitrogens with one attached hydrogen (secondary N) is 3. The number of hydrogen-bond donors (Lipinski definition) is 3. The molecule has 0 spiro atoms. The van der Waals surface area contributed by atoms with E-state index in [4.69, 9.17) is 10.0 Å². The molecule has 1 aromatic heterocycles. The fourth-order valence-corrected chi connectivity index (χ4v) is 6.11. The van der Waals surface area contributed by atoms with Crippen LogP contribution >= 0.6 is 0 Å². The zero-order chi connectivity index (χ0) is 30.1. The highest BCUT2D eigenvalue weighted by Crippen LogP contribution is 2.31. The lowest BCUT2D eigenvalue weighted by Crippen LogP contribution is -2.51. The predicted molar refractivity (Wildman–Crippen MR) is 167 cm³/mol. The van der Waals surface area contributed by atoms with Crippen molar-refractivity contribution in [3.05, 3.63) is 83.3 Å². The van der Waals surface area contributed by atoms with Crippen molar-refractivity contribution in [2.75, 3.05) is 30.3 Å². The van der Waals surface area contributed by atoms with Crippen LogP contribution in [0.2, 0.25) is 0 Å². The Morgan fingerprint density at radius 2 is 1.77 bits per heavy atom. The van der Waals surface area contributed by atoms with Crippen LogP contribution < -0.4 is 16.1 Å². The van der Waals surface area contributed by atoms with Crippen LogP contribution in [0.1, 0.15) is 56.9 Å². The van der Waals surface area contributed by atoms with Crippen LogP contribution in [-0.2, 0) is 21.6 Å². The summed E-state index contributed by atoms with van der Waals surface area (Å²) in [5.41, 5.74) is 8.00. The van der Waals surface area contributed by atoms with Crippen LogP contribution in [0.3, 0.4) is 0 Å². The number of urea groups is 1. The number of aromatic nitrogens is 2. The second kappa shape index (κ2) is 11.9. The van der Waals surface area contributed by atoms with E-state index in [2.05, 4.69) is 47.9 Å². The summed E-state index contributed by atoms with van der Waals surface area (Å²) in [6.07, 6.45) is 5.31. The number of anilines is 2. The molecule has 1 unspecified atom stereocenters. The second-order valence-electron chi connectivity index (χ2n) is 12.8. The Morgan fingerprint density at radius 3 is 2.51 bits per heavy atom. The Bertz CT molecular complexity index is 1510. The van der Waals surface area contributed by atoms with Crippen molar-refractivity contribution in [1.29, 1.82) is 0 Å². The third kappa shape index (κ3) is 6.30. The van der Waals surface area contributed by atoms with Gasteiger partial charge in [-0.15, -0.1) is 0 Å². The normalized spacial score (nSPS) is 19.5. The largest absolute Gasteiger partial charge is 0.324 e.